The number of hydrogen-bond acceptors (Lipinski definition) is 3. The highest BCUT2D eigenvalue weighted by Crippen LogP contribution is 2.21. The van der Waals surface area contributed by atoms with Crippen LogP contribution in [0.5, 0.6) is 0 Å². The van der Waals surface area contributed by atoms with Gasteiger partial charge < -0.3 is 10.6 Å². The Morgan fingerprint density at radius 3 is 2.39 bits per heavy atom. The third-order valence-electron chi connectivity index (χ3n) is 2.95. The maximum Gasteiger partial charge on any atom is 0.242 e. The molecule has 0 aliphatic carbocycles. The average Bonchev–Trinajstić information content (AvgIpc) is 2.28. The molecule has 0 aliphatic heterocycles. The van der Waals surface area contributed by atoms with Crippen LogP contribution in [0, 0.1) is 3.57 Å². The van der Waals surface area contributed by atoms with Crippen molar-refractivity contribution in [2.75, 3.05) is 27.2 Å². The highest BCUT2D eigenvalue weighted by atomic mass is 127. The predicted octanol–water partition coefficient (Wildman–Crippen LogP) is 1.14. The number of carbonyl (C=O) groups excluding carboxylic acids is 1. The summed E-state index contributed by atoms with van der Waals surface area (Å²) in [6.07, 6.45) is 0. The first-order valence-corrected chi connectivity index (χ1v) is 6.90. The van der Waals surface area contributed by atoms with Crippen molar-refractivity contribution in [3.8, 4) is 0 Å². The summed E-state index contributed by atoms with van der Waals surface area (Å²) in [5, 5.41) is 3.24. The van der Waals surface area contributed by atoms with Crippen molar-refractivity contribution in [3.63, 3.8) is 0 Å². The van der Waals surface area contributed by atoms with Gasteiger partial charge in [0, 0.05) is 16.7 Å². The summed E-state index contributed by atoms with van der Waals surface area (Å²) < 4.78 is 1.14. The standard InChI is InChI=1S/C13H20IN3O/c1-13(12(15)18,16-8-9-17(2)3)10-4-6-11(14)7-5-10/h4-7,16H,8-9H2,1-3H3,(H2,15,18). The van der Waals surface area contributed by atoms with Crippen LogP contribution in [0.1, 0.15) is 12.5 Å². The number of halogens is 1. The lowest BCUT2D eigenvalue weighted by Crippen LogP contribution is -2.51. The zero-order valence-corrected chi connectivity index (χ0v) is 13.2. The van der Waals surface area contributed by atoms with Crippen LogP contribution in [0.25, 0.3) is 0 Å². The number of nitrogens with one attached hydrogen (secondary N) is 1. The van der Waals surface area contributed by atoms with Gasteiger partial charge in [0.25, 0.3) is 0 Å². The van der Waals surface area contributed by atoms with Crippen LogP contribution in [-0.2, 0) is 10.3 Å². The molecule has 1 rings (SSSR count). The molecule has 0 heterocycles. The van der Waals surface area contributed by atoms with E-state index < -0.39 is 5.54 Å². The maximum atomic E-state index is 11.7. The van der Waals surface area contributed by atoms with Gasteiger partial charge in [0.2, 0.25) is 5.91 Å². The Morgan fingerprint density at radius 2 is 1.94 bits per heavy atom. The predicted molar refractivity (Wildman–Crippen MR) is 82.3 cm³/mol. The molecule has 0 radical (unpaired) electrons. The number of amides is 1. The van der Waals surface area contributed by atoms with Crippen molar-refractivity contribution in [3.05, 3.63) is 33.4 Å². The first kappa shape index (κ1) is 15.4. The van der Waals surface area contributed by atoms with E-state index in [4.69, 9.17) is 5.73 Å². The Labute approximate surface area is 122 Å². The lowest BCUT2D eigenvalue weighted by atomic mass is 9.91. The Bertz CT molecular complexity index is 405. The third kappa shape index (κ3) is 3.93. The van der Waals surface area contributed by atoms with Gasteiger partial charge >= 0.3 is 0 Å². The molecule has 1 atom stereocenters. The number of nitrogens with two attached hydrogens (primary N) is 1. The Hall–Kier alpha value is -0.660. The average molecular weight is 361 g/mol. The van der Waals surface area contributed by atoms with Gasteiger partial charge in [0.05, 0.1) is 0 Å². The fraction of sp³-hybridized carbons (Fsp3) is 0.462. The molecule has 0 spiro atoms. The lowest BCUT2D eigenvalue weighted by Gasteiger charge is -2.29. The van der Waals surface area contributed by atoms with Gasteiger partial charge in [-0.2, -0.15) is 0 Å². The van der Waals surface area contributed by atoms with Crippen LogP contribution in [-0.4, -0.2) is 38.0 Å². The minimum atomic E-state index is -0.819. The van der Waals surface area contributed by atoms with E-state index in [0.29, 0.717) is 6.54 Å². The molecule has 0 aliphatic rings. The molecule has 0 bridgehead atoms. The van der Waals surface area contributed by atoms with Gasteiger partial charge in [-0.15, -0.1) is 0 Å². The smallest absolute Gasteiger partial charge is 0.242 e. The minimum Gasteiger partial charge on any atom is -0.368 e. The molecule has 0 aromatic heterocycles. The minimum absolute atomic E-state index is 0.359. The van der Waals surface area contributed by atoms with Crippen LogP contribution < -0.4 is 11.1 Å². The third-order valence-corrected chi connectivity index (χ3v) is 3.67. The van der Waals surface area contributed by atoms with Crippen molar-refractivity contribution >= 4 is 28.5 Å². The summed E-state index contributed by atoms with van der Waals surface area (Å²) in [6, 6.07) is 7.83. The van der Waals surface area contributed by atoms with Crippen LogP contribution in [0.4, 0.5) is 0 Å². The number of nitrogens with zero attached hydrogens (tertiary/aromatic N) is 1. The molecule has 0 saturated carbocycles. The van der Waals surface area contributed by atoms with Crippen molar-refractivity contribution in [2.45, 2.75) is 12.5 Å². The van der Waals surface area contributed by atoms with E-state index in [-0.39, 0.29) is 5.91 Å². The number of benzene rings is 1. The second-order valence-corrected chi connectivity index (χ2v) is 5.97. The summed E-state index contributed by atoms with van der Waals surface area (Å²) in [4.78, 5) is 13.8. The van der Waals surface area contributed by atoms with Crippen molar-refractivity contribution < 1.29 is 4.79 Å². The van der Waals surface area contributed by atoms with Crippen LogP contribution in [0.15, 0.2) is 24.3 Å². The van der Waals surface area contributed by atoms with E-state index in [1.165, 1.54) is 0 Å². The van der Waals surface area contributed by atoms with E-state index >= 15 is 0 Å². The van der Waals surface area contributed by atoms with E-state index in [1.54, 1.807) is 0 Å². The fourth-order valence-corrected chi connectivity index (χ4v) is 2.00. The van der Waals surface area contributed by atoms with Crippen molar-refractivity contribution in [1.29, 1.82) is 0 Å². The molecule has 1 amide bonds. The zero-order chi connectivity index (χ0) is 13.8. The maximum absolute atomic E-state index is 11.7. The topological polar surface area (TPSA) is 58.4 Å². The molecule has 1 aromatic rings. The van der Waals surface area contributed by atoms with Gasteiger partial charge in [0.15, 0.2) is 0 Å². The molecular weight excluding hydrogens is 341 g/mol. The Morgan fingerprint density at radius 1 is 1.39 bits per heavy atom. The second kappa shape index (κ2) is 6.49. The van der Waals surface area contributed by atoms with E-state index in [2.05, 4.69) is 32.8 Å². The number of rotatable bonds is 6. The van der Waals surface area contributed by atoms with E-state index in [0.717, 1.165) is 15.7 Å². The van der Waals surface area contributed by atoms with E-state index in [1.807, 2.05) is 45.3 Å². The normalized spacial score (nSPS) is 14.5. The first-order chi connectivity index (χ1) is 8.36. The van der Waals surface area contributed by atoms with Crippen molar-refractivity contribution in [2.24, 2.45) is 5.73 Å². The van der Waals surface area contributed by atoms with Crippen LogP contribution in [0.2, 0.25) is 0 Å². The van der Waals surface area contributed by atoms with Gasteiger partial charge in [0.1, 0.15) is 5.54 Å². The Balaban J connectivity index is 2.86. The van der Waals surface area contributed by atoms with Gasteiger partial charge in [-0.05, 0) is 61.3 Å². The molecule has 0 saturated heterocycles. The zero-order valence-electron chi connectivity index (χ0n) is 11.0. The van der Waals surface area contributed by atoms with Crippen LogP contribution in [0.3, 0.4) is 0 Å². The number of primary amides is 1. The largest absolute Gasteiger partial charge is 0.368 e. The van der Waals surface area contributed by atoms with E-state index in [9.17, 15) is 4.79 Å². The monoisotopic (exact) mass is 361 g/mol. The molecule has 1 aromatic carbocycles. The molecule has 1 unspecified atom stereocenters. The van der Waals surface area contributed by atoms with Gasteiger partial charge in [-0.1, -0.05) is 12.1 Å². The lowest BCUT2D eigenvalue weighted by molar-refractivity contribution is -0.124. The van der Waals surface area contributed by atoms with Gasteiger partial charge in [-0.3, -0.25) is 10.1 Å². The molecule has 18 heavy (non-hydrogen) atoms. The second-order valence-electron chi connectivity index (χ2n) is 4.73. The highest BCUT2D eigenvalue weighted by Gasteiger charge is 2.32. The summed E-state index contributed by atoms with van der Waals surface area (Å²) >= 11 is 2.24. The Kier molecular flexibility index (Phi) is 5.55. The molecular formula is C13H20IN3O. The quantitative estimate of drug-likeness (QED) is 0.748. The number of carbonyl (C=O) groups is 1. The summed E-state index contributed by atoms with van der Waals surface area (Å²) in [6.45, 7) is 3.39. The van der Waals surface area contributed by atoms with Crippen molar-refractivity contribution in [1.82, 2.24) is 10.2 Å². The number of likely N-dealkylation sites (N-methyl/N-ethyl adjacent to an activating group) is 1. The van der Waals surface area contributed by atoms with Gasteiger partial charge in [-0.25, -0.2) is 0 Å². The highest BCUT2D eigenvalue weighted by molar-refractivity contribution is 14.1. The van der Waals surface area contributed by atoms with Crippen LogP contribution >= 0.6 is 22.6 Å². The SMILES string of the molecule is CN(C)CCNC(C)(C(N)=O)c1ccc(I)cc1. The summed E-state index contributed by atoms with van der Waals surface area (Å²) in [5.74, 6) is -0.359. The molecule has 0 fully saturated rings. The molecule has 100 valence electrons. The molecule has 3 N–H and O–H groups in total. The summed E-state index contributed by atoms with van der Waals surface area (Å²) in [5.41, 5.74) is 5.62. The molecule has 5 heteroatoms. The first-order valence-electron chi connectivity index (χ1n) is 5.82. The summed E-state index contributed by atoms with van der Waals surface area (Å²) in [7, 11) is 3.99. The fourth-order valence-electron chi connectivity index (χ4n) is 1.64. The number of hydrogen-bond donors (Lipinski definition) is 2. The molecule has 4 nitrogen and oxygen atoms in total.